The highest BCUT2D eigenvalue weighted by atomic mass is 32.2. The number of methoxy groups -OCH3 is 1. The van der Waals surface area contributed by atoms with Crippen molar-refractivity contribution in [3.05, 3.63) is 59.9 Å². The predicted octanol–water partition coefficient (Wildman–Crippen LogP) is 3.32. The van der Waals surface area contributed by atoms with Gasteiger partial charge < -0.3 is 15.0 Å². The first kappa shape index (κ1) is 28.1. The fourth-order valence-electron chi connectivity index (χ4n) is 3.58. The quantitative estimate of drug-likeness (QED) is 0.476. The van der Waals surface area contributed by atoms with Gasteiger partial charge in [0, 0.05) is 12.6 Å². The second kappa shape index (κ2) is 12.5. The van der Waals surface area contributed by atoms with Crippen LogP contribution in [0.2, 0.25) is 0 Å². The van der Waals surface area contributed by atoms with Gasteiger partial charge in [0.2, 0.25) is 21.8 Å². The second-order valence-electron chi connectivity index (χ2n) is 8.34. The van der Waals surface area contributed by atoms with Crippen molar-refractivity contribution in [2.75, 3.05) is 24.2 Å². The number of carbonyl (C=O) groups excluding carboxylic acids is 2. The van der Waals surface area contributed by atoms with Gasteiger partial charge in [0.1, 0.15) is 24.2 Å². The molecule has 35 heavy (non-hydrogen) atoms. The van der Waals surface area contributed by atoms with E-state index in [1.54, 1.807) is 31.2 Å². The zero-order valence-corrected chi connectivity index (χ0v) is 21.6. The summed E-state index contributed by atoms with van der Waals surface area (Å²) in [5, 5.41) is 2.90. The van der Waals surface area contributed by atoms with Crippen LogP contribution in [0.5, 0.6) is 5.75 Å². The van der Waals surface area contributed by atoms with Crippen LogP contribution in [0.15, 0.2) is 48.5 Å². The number of halogens is 1. The van der Waals surface area contributed by atoms with Crippen molar-refractivity contribution in [1.29, 1.82) is 0 Å². The molecule has 0 bridgehead atoms. The number of sulfonamides is 1. The normalized spacial score (nSPS) is 13.0. The van der Waals surface area contributed by atoms with Crippen LogP contribution in [-0.4, -0.2) is 57.1 Å². The van der Waals surface area contributed by atoms with Crippen LogP contribution in [0.25, 0.3) is 0 Å². The van der Waals surface area contributed by atoms with Crippen LogP contribution in [0.4, 0.5) is 10.1 Å². The molecule has 2 rings (SSSR count). The SMILES string of the molecule is CC[C@H](C(=O)N[C@@H](C)CC)N(Cc1cccc(OC)c1)C(=O)CN(c1ccccc1F)S(C)(=O)=O. The smallest absolute Gasteiger partial charge is 0.244 e. The number of benzene rings is 2. The van der Waals surface area contributed by atoms with E-state index in [2.05, 4.69) is 5.32 Å². The Morgan fingerprint density at radius 2 is 1.77 bits per heavy atom. The Kier molecular flexibility index (Phi) is 10.1. The largest absolute Gasteiger partial charge is 0.497 e. The third-order valence-electron chi connectivity index (χ3n) is 5.67. The van der Waals surface area contributed by atoms with Gasteiger partial charge in [-0.3, -0.25) is 13.9 Å². The molecule has 0 aliphatic rings. The van der Waals surface area contributed by atoms with Crippen LogP contribution in [0, 0.1) is 5.82 Å². The Morgan fingerprint density at radius 1 is 1.09 bits per heavy atom. The van der Waals surface area contributed by atoms with Gasteiger partial charge >= 0.3 is 0 Å². The molecule has 0 saturated heterocycles. The minimum atomic E-state index is -4.00. The van der Waals surface area contributed by atoms with E-state index in [0.29, 0.717) is 24.2 Å². The summed E-state index contributed by atoms with van der Waals surface area (Å²) >= 11 is 0. The van der Waals surface area contributed by atoms with Crippen molar-refractivity contribution in [3.8, 4) is 5.75 Å². The summed E-state index contributed by atoms with van der Waals surface area (Å²) in [6, 6.07) is 11.4. The number of amides is 2. The van der Waals surface area contributed by atoms with E-state index < -0.39 is 34.3 Å². The maximum absolute atomic E-state index is 14.5. The second-order valence-corrected chi connectivity index (χ2v) is 10.2. The highest BCUT2D eigenvalue weighted by molar-refractivity contribution is 7.92. The van der Waals surface area contributed by atoms with E-state index in [1.165, 1.54) is 30.2 Å². The number of hydrogen-bond acceptors (Lipinski definition) is 5. The lowest BCUT2D eigenvalue weighted by molar-refractivity contribution is -0.140. The summed E-state index contributed by atoms with van der Waals surface area (Å²) in [4.78, 5) is 28.0. The molecular weight excluding hydrogens is 473 g/mol. The van der Waals surface area contributed by atoms with Crippen molar-refractivity contribution in [3.63, 3.8) is 0 Å². The van der Waals surface area contributed by atoms with Gasteiger partial charge in [-0.15, -0.1) is 0 Å². The lowest BCUT2D eigenvalue weighted by Gasteiger charge is -2.33. The lowest BCUT2D eigenvalue weighted by Crippen LogP contribution is -2.53. The highest BCUT2D eigenvalue weighted by Gasteiger charge is 2.32. The standard InChI is InChI=1S/C25H34FN3O5S/c1-6-18(3)27-25(31)22(7-2)28(16-19-11-10-12-20(15-19)34-4)24(30)17-29(35(5,32)33)23-14-9-8-13-21(23)26/h8-15,18,22H,6-7,16-17H2,1-5H3,(H,27,31)/t18-,22+/m0/s1. The summed E-state index contributed by atoms with van der Waals surface area (Å²) in [6.07, 6.45) is 1.92. The predicted molar refractivity (Wildman–Crippen MR) is 134 cm³/mol. The number of anilines is 1. The van der Waals surface area contributed by atoms with E-state index in [4.69, 9.17) is 4.74 Å². The number of nitrogens with zero attached hydrogens (tertiary/aromatic N) is 2. The minimum absolute atomic E-state index is 0.0390. The van der Waals surface area contributed by atoms with Gasteiger partial charge in [0.25, 0.3) is 0 Å². The topological polar surface area (TPSA) is 96.0 Å². The molecule has 0 aromatic heterocycles. The van der Waals surface area contributed by atoms with E-state index >= 15 is 0 Å². The van der Waals surface area contributed by atoms with E-state index in [1.807, 2.05) is 13.8 Å². The molecule has 0 radical (unpaired) electrons. The van der Waals surface area contributed by atoms with Crippen molar-refractivity contribution >= 4 is 27.5 Å². The molecule has 8 nitrogen and oxygen atoms in total. The van der Waals surface area contributed by atoms with Gasteiger partial charge in [0.15, 0.2) is 0 Å². The molecule has 10 heteroatoms. The van der Waals surface area contributed by atoms with Crippen molar-refractivity contribution in [2.24, 2.45) is 0 Å². The van der Waals surface area contributed by atoms with Crippen LogP contribution in [-0.2, 0) is 26.2 Å². The number of carbonyl (C=O) groups is 2. The van der Waals surface area contributed by atoms with Gasteiger partial charge in [0.05, 0.1) is 19.1 Å². The molecule has 2 atom stereocenters. The molecule has 2 amide bonds. The first-order chi connectivity index (χ1) is 16.5. The van der Waals surface area contributed by atoms with Crippen LogP contribution in [0.1, 0.15) is 39.2 Å². The summed E-state index contributed by atoms with van der Waals surface area (Å²) < 4.78 is 45.5. The first-order valence-electron chi connectivity index (χ1n) is 11.5. The Bertz CT molecular complexity index is 1130. The average Bonchev–Trinajstić information content (AvgIpc) is 2.82. The molecule has 0 spiro atoms. The van der Waals surface area contributed by atoms with Gasteiger partial charge in [-0.1, -0.05) is 38.1 Å². The molecule has 2 aromatic rings. The Hall–Kier alpha value is -3.14. The molecule has 0 saturated carbocycles. The summed E-state index contributed by atoms with van der Waals surface area (Å²) in [5.74, 6) is -1.16. The summed E-state index contributed by atoms with van der Waals surface area (Å²) in [7, 11) is -2.48. The molecule has 0 heterocycles. The number of nitrogens with one attached hydrogen (secondary N) is 1. The highest BCUT2D eigenvalue weighted by Crippen LogP contribution is 2.23. The minimum Gasteiger partial charge on any atom is -0.497 e. The van der Waals surface area contributed by atoms with Gasteiger partial charge in [-0.25, -0.2) is 12.8 Å². The maximum atomic E-state index is 14.5. The number of para-hydroxylation sites is 1. The first-order valence-corrected chi connectivity index (χ1v) is 13.3. The molecule has 0 aliphatic carbocycles. The van der Waals surface area contributed by atoms with Gasteiger partial charge in [-0.05, 0) is 49.6 Å². The van der Waals surface area contributed by atoms with Crippen molar-refractivity contribution in [2.45, 2.75) is 52.2 Å². The van der Waals surface area contributed by atoms with E-state index in [-0.39, 0.29) is 24.2 Å². The van der Waals surface area contributed by atoms with Crippen LogP contribution < -0.4 is 14.4 Å². The Morgan fingerprint density at radius 3 is 2.34 bits per heavy atom. The zero-order chi connectivity index (χ0) is 26.2. The summed E-state index contributed by atoms with van der Waals surface area (Å²) in [6.45, 7) is 4.96. The van der Waals surface area contributed by atoms with Crippen LogP contribution >= 0.6 is 0 Å². The molecule has 2 aromatic carbocycles. The Labute approximate surface area is 207 Å². The van der Waals surface area contributed by atoms with E-state index in [9.17, 15) is 22.4 Å². The molecule has 0 fully saturated rings. The number of ether oxygens (including phenoxy) is 1. The monoisotopic (exact) mass is 507 g/mol. The Balaban J connectivity index is 2.47. The maximum Gasteiger partial charge on any atom is 0.244 e. The molecule has 192 valence electrons. The number of rotatable bonds is 12. The van der Waals surface area contributed by atoms with Gasteiger partial charge in [-0.2, -0.15) is 0 Å². The third kappa shape index (κ3) is 7.68. The summed E-state index contributed by atoms with van der Waals surface area (Å²) in [5.41, 5.74) is 0.464. The lowest BCUT2D eigenvalue weighted by atomic mass is 10.1. The van der Waals surface area contributed by atoms with Crippen molar-refractivity contribution < 1.29 is 27.1 Å². The third-order valence-corrected chi connectivity index (χ3v) is 6.80. The molecular formula is C25H34FN3O5S. The van der Waals surface area contributed by atoms with E-state index in [0.717, 1.165) is 16.6 Å². The van der Waals surface area contributed by atoms with Crippen LogP contribution in [0.3, 0.4) is 0 Å². The fraction of sp³-hybridized carbons (Fsp3) is 0.440. The van der Waals surface area contributed by atoms with Crippen molar-refractivity contribution in [1.82, 2.24) is 10.2 Å². The average molecular weight is 508 g/mol. The number of hydrogen-bond donors (Lipinski definition) is 1. The molecule has 0 aliphatic heterocycles. The molecule has 1 N–H and O–H groups in total. The molecule has 0 unspecified atom stereocenters. The fourth-order valence-corrected chi connectivity index (χ4v) is 4.43. The zero-order valence-electron chi connectivity index (χ0n) is 20.8.